The lowest BCUT2D eigenvalue weighted by atomic mass is 10.1. The first kappa shape index (κ1) is 23.0. The van der Waals surface area contributed by atoms with Gasteiger partial charge >= 0.3 is 0 Å². The number of aromatic nitrogens is 2. The summed E-state index contributed by atoms with van der Waals surface area (Å²) in [5.74, 6) is 1.40. The highest BCUT2D eigenvalue weighted by Crippen LogP contribution is 2.34. The molecule has 0 spiro atoms. The van der Waals surface area contributed by atoms with Crippen molar-refractivity contribution >= 4 is 49.0 Å². The van der Waals surface area contributed by atoms with E-state index in [9.17, 15) is 4.79 Å². The number of benzene rings is 2. The molecule has 0 radical (unpaired) electrons. The number of ether oxygens (including phenoxy) is 2. The highest BCUT2D eigenvalue weighted by atomic mass is 79.9. The minimum Gasteiger partial charge on any atom is -0.493 e. The monoisotopic (exact) mass is 546 g/mol. The van der Waals surface area contributed by atoms with Gasteiger partial charge in [-0.1, -0.05) is 45.7 Å². The number of hydrogen-bond acceptors (Lipinski definition) is 6. The van der Waals surface area contributed by atoms with Crippen molar-refractivity contribution in [2.24, 2.45) is 5.10 Å². The van der Waals surface area contributed by atoms with Gasteiger partial charge in [-0.15, -0.1) is 0 Å². The minimum absolute atomic E-state index is 0.0178. The van der Waals surface area contributed by atoms with Gasteiger partial charge in [-0.05, 0) is 36.8 Å². The molecule has 0 saturated carbocycles. The van der Waals surface area contributed by atoms with E-state index in [1.165, 1.54) is 18.0 Å². The van der Waals surface area contributed by atoms with Crippen LogP contribution >= 0.6 is 31.9 Å². The number of hydrogen-bond donors (Lipinski definition) is 0. The van der Waals surface area contributed by atoms with Crippen LogP contribution < -0.4 is 15.0 Å². The van der Waals surface area contributed by atoms with Gasteiger partial charge in [0.15, 0.2) is 18.1 Å². The maximum atomic E-state index is 13.3. The molecule has 1 atom stereocenters. The number of methoxy groups -OCH3 is 1. The van der Waals surface area contributed by atoms with E-state index >= 15 is 0 Å². The standard InChI is InChI=1S/C22H20Br2N4O3/c1-4-13(2)21-27-18-6-5-15(23)10-17(18)22(29)28(21)26-12-14-9-16(24)11-19(30-3)20(14)31-8-7-25/h5-6,9-13H,4,8H2,1-3H3/t13-/m1/s1. The molecule has 0 aliphatic heterocycles. The second kappa shape index (κ2) is 10.1. The Bertz CT molecular complexity index is 1250. The molecule has 0 amide bonds. The molecule has 1 aromatic heterocycles. The average molecular weight is 548 g/mol. The summed E-state index contributed by atoms with van der Waals surface area (Å²) in [6, 6.07) is 10.9. The van der Waals surface area contributed by atoms with Crippen molar-refractivity contribution in [3.8, 4) is 17.6 Å². The van der Waals surface area contributed by atoms with Crippen molar-refractivity contribution in [3.05, 3.63) is 61.0 Å². The molecule has 31 heavy (non-hydrogen) atoms. The molecule has 160 valence electrons. The summed E-state index contributed by atoms with van der Waals surface area (Å²) in [7, 11) is 1.51. The SMILES string of the molecule is CC[C@@H](C)c1nc2ccc(Br)cc2c(=O)n1N=Cc1cc(Br)cc(OC)c1OCC#N. The van der Waals surface area contributed by atoms with Gasteiger partial charge in [0.25, 0.3) is 5.56 Å². The molecule has 0 unspecified atom stereocenters. The van der Waals surface area contributed by atoms with E-state index in [1.807, 2.05) is 32.0 Å². The lowest BCUT2D eigenvalue weighted by molar-refractivity contribution is 0.329. The van der Waals surface area contributed by atoms with Crippen molar-refractivity contribution < 1.29 is 9.47 Å². The lowest BCUT2D eigenvalue weighted by Crippen LogP contribution is -2.23. The molecule has 2 aromatic carbocycles. The van der Waals surface area contributed by atoms with Crippen molar-refractivity contribution in [3.63, 3.8) is 0 Å². The second-order valence-electron chi connectivity index (χ2n) is 6.78. The summed E-state index contributed by atoms with van der Waals surface area (Å²) >= 11 is 6.85. The fraction of sp³-hybridized carbons (Fsp3) is 0.273. The van der Waals surface area contributed by atoms with Crippen LogP contribution in [0.5, 0.6) is 11.5 Å². The predicted octanol–water partition coefficient (Wildman–Crippen LogP) is 5.23. The third kappa shape index (κ3) is 4.97. The van der Waals surface area contributed by atoms with Crippen LogP contribution in [0.4, 0.5) is 0 Å². The summed E-state index contributed by atoms with van der Waals surface area (Å²) in [6.07, 6.45) is 2.31. The van der Waals surface area contributed by atoms with E-state index in [0.717, 1.165) is 15.4 Å². The van der Waals surface area contributed by atoms with Crippen molar-refractivity contribution in [1.29, 1.82) is 5.26 Å². The smallest absolute Gasteiger partial charge is 0.282 e. The van der Waals surface area contributed by atoms with Crippen LogP contribution in [-0.4, -0.2) is 29.6 Å². The van der Waals surface area contributed by atoms with Crippen molar-refractivity contribution in [1.82, 2.24) is 9.66 Å². The maximum absolute atomic E-state index is 13.3. The minimum atomic E-state index is -0.265. The zero-order chi connectivity index (χ0) is 22.5. The van der Waals surface area contributed by atoms with Gasteiger partial charge in [-0.25, -0.2) is 4.98 Å². The summed E-state index contributed by atoms with van der Waals surface area (Å²) in [5.41, 5.74) is 0.911. The molecule has 1 heterocycles. The van der Waals surface area contributed by atoms with Crippen molar-refractivity contribution in [2.45, 2.75) is 26.2 Å². The van der Waals surface area contributed by atoms with Crippen molar-refractivity contribution in [2.75, 3.05) is 13.7 Å². The molecule has 3 rings (SSSR count). The maximum Gasteiger partial charge on any atom is 0.282 e. The van der Waals surface area contributed by atoms with Crippen LogP contribution in [0, 0.1) is 11.3 Å². The van der Waals surface area contributed by atoms with Crippen LogP contribution in [-0.2, 0) is 0 Å². The molecular weight excluding hydrogens is 528 g/mol. The van der Waals surface area contributed by atoms with Crippen LogP contribution in [0.3, 0.4) is 0 Å². The number of rotatable bonds is 7. The van der Waals surface area contributed by atoms with Gasteiger partial charge in [0.05, 0.1) is 24.2 Å². The summed E-state index contributed by atoms with van der Waals surface area (Å²) in [4.78, 5) is 18.0. The Kier molecular flexibility index (Phi) is 7.46. The van der Waals surface area contributed by atoms with E-state index < -0.39 is 0 Å². The molecule has 0 bridgehead atoms. The van der Waals surface area contributed by atoms with E-state index in [0.29, 0.717) is 33.8 Å². The van der Waals surface area contributed by atoms with Crippen LogP contribution in [0.2, 0.25) is 0 Å². The second-order valence-corrected chi connectivity index (χ2v) is 8.61. The number of nitrogens with zero attached hydrogens (tertiary/aromatic N) is 4. The van der Waals surface area contributed by atoms with E-state index in [-0.39, 0.29) is 18.1 Å². The van der Waals surface area contributed by atoms with Gasteiger partial charge in [-0.3, -0.25) is 4.79 Å². The largest absolute Gasteiger partial charge is 0.493 e. The first-order valence-corrected chi connectivity index (χ1v) is 11.1. The number of fused-ring (bicyclic) bond motifs is 1. The van der Waals surface area contributed by atoms with E-state index in [2.05, 4.69) is 37.0 Å². The average Bonchev–Trinajstić information content (AvgIpc) is 2.76. The fourth-order valence-electron chi connectivity index (χ4n) is 2.99. The number of nitriles is 1. The Balaban J connectivity index is 2.21. The molecule has 9 heteroatoms. The summed E-state index contributed by atoms with van der Waals surface area (Å²) in [5, 5.41) is 13.8. The van der Waals surface area contributed by atoms with Gasteiger partial charge in [0.2, 0.25) is 0 Å². The van der Waals surface area contributed by atoms with E-state index in [4.69, 9.17) is 19.7 Å². The first-order chi connectivity index (χ1) is 14.9. The Labute approximate surface area is 196 Å². The third-order valence-electron chi connectivity index (χ3n) is 4.75. The predicted molar refractivity (Wildman–Crippen MR) is 127 cm³/mol. The van der Waals surface area contributed by atoms with Crippen LogP contribution in [0.1, 0.15) is 37.6 Å². The Morgan fingerprint density at radius 2 is 2.06 bits per heavy atom. The van der Waals surface area contributed by atoms with Gasteiger partial charge in [-0.2, -0.15) is 15.0 Å². The molecule has 0 saturated heterocycles. The fourth-order valence-corrected chi connectivity index (χ4v) is 3.81. The molecule has 0 aliphatic carbocycles. The zero-order valence-electron chi connectivity index (χ0n) is 17.2. The van der Waals surface area contributed by atoms with Crippen LogP contribution in [0.25, 0.3) is 10.9 Å². The summed E-state index contributed by atoms with van der Waals surface area (Å²) < 4.78 is 13.8. The number of halogens is 2. The molecule has 0 aliphatic rings. The summed E-state index contributed by atoms with van der Waals surface area (Å²) in [6.45, 7) is 3.88. The molecule has 0 fully saturated rings. The quantitative estimate of drug-likeness (QED) is 0.378. The highest BCUT2D eigenvalue weighted by molar-refractivity contribution is 9.10. The topological polar surface area (TPSA) is 89.5 Å². The first-order valence-electron chi connectivity index (χ1n) is 9.53. The Hall–Kier alpha value is -2.70. The molecule has 7 nitrogen and oxygen atoms in total. The van der Waals surface area contributed by atoms with Gasteiger partial charge in [0, 0.05) is 20.4 Å². The highest BCUT2D eigenvalue weighted by Gasteiger charge is 2.17. The molecular formula is C22H20Br2N4O3. The molecule has 3 aromatic rings. The molecule has 0 N–H and O–H groups in total. The lowest BCUT2D eigenvalue weighted by Gasteiger charge is -2.15. The normalized spacial score (nSPS) is 12.1. The van der Waals surface area contributed by atoms with E-state index in [1.54, 1.807) is 18.2 Å². The Morgan fingerprint density at radius 1 is 1.29 bits per heavy atom. The zero-order valence-corrected chi connectivity index (χ0v) is 20.4. The van der Waals surface area contributed by atoms with Gasteiger partial charge < -0.3 is 9.47 Å². The van der Waals surface area contributed by atoms with Gasteiger partial charge in [0.1, 0.15) is 11.9 Å². The van der Waals surface area contributed by atoms with Crippen LogP contribution in [0.15, 0.2) is 49.2 Å². The third-order valence-corrected chi connectivity index (χ3v) is 5.70. The Morgan fingerprint density at radius 3 is 2.74 bits per heavy atom.